The minimum absolute atomic E-state index is 0.0141. The number of carbonyl (C=O) groups is 1. The van der Waals surface area contributed by atoms with Crippen LogP contribution in [0.25, 0.3) is 0 Å². The Morgan fingerprint density at radius 1 is 1.44 bits per heavy atom. The van der Waals surface area contributed by atoms with Crippen LogP contribution >= 0.6 is 0 Å². The Hall–Kier alpha value is -1.44. The average Bonchev–Trinajstić information content (AvgIpc) is 2.72. The zero-order chi connectivity index (χ0) is 12.2. The molecule has 16 heavy (non-hydrogen) atoms. The molecule has 0 aromatic carbocycles. The molecule has 0 aliphatic rings. The Balaban J connectivity index is 2.81. The van der Waals surface area contributed by atoms with Gasteiger partial charge in [-0.15, -0.1) is 0 Å². The van der Waals surface area contributed by atoms with Crippen LogP contribution in [0, 0.1) is 6.92 Å². The first-order valence-electron chi connectivity index (χ1n) is 4.65. The maximum absolute atomic E-state index is 11.6. The van der Waals surface area contributed by atoms with Crippen molar-refractivity contribution in [2.75, 3.05) is 19.8 Å². The van der Waals surface area contributed by atoms with Crippen molar-refractivity contribution in [3.8, 4) is 0 Å². The normalized spacial score (nSPS) is 11.5. The number of aliphatic hydroxyl groups excluding tert-OH is 3. The summed E-state index contributed by atoms with van der Waals surface area (Å²) in [6.07, 6.45) is 1.37. The molecule has 0 atom stereocenters. The summed E-state index contributed by atoms with van der Waals surface area (Å²) < 4.78 is 4.70. The van der Waals surface area contributed by atoms with Gasteiger partial charge < -0.3 is 25.2 Å². The standard InChI is InChI=1S/C9H14N2O5/c1-6-2-10-16-7(6)8(15)11-9(3-12,4-13)5-14/h2,12-14H,3-5H2,1H3,(H,11,15). The first kappa shape index (κ1) is 12.6. The number of nitrogens with one attached hydrogen (secondary N) is 1. The lowest BCUT2D eigenvalue weighted by Gasteiger charge is -2.28. The fourth-order valence-corrected chi connectivity index (χ4v) is 1.08. The number of nitrogens with zero attached hydrogens (tertiary/aromatic N) is 1. The van der Waals surface area contributed by atoms with Crippen molar-refractivity contribution in [1.82, 2.24) is 10.5 Å². The third-order valence-corrected chi connectivity index (χ3v) is 2.24. The third kappa shape index (κ3) is 2.38. The zero-order valence-corrected chi connectivity index (χ0v) is 8.80. The molecule has 0 saturated heterocycles. The molecule has 7 heteroatoms. The van der Waals surface area contributed by atoms with Crippen LogP contribution < -0.4 is 5.32 Å². The number of hydrogen-bond donors (Lipinski definition) is 4. The van der Waals surface area contributed by atoms with Crippen molar-refractivity contribution < 1.29 is 24.6 Å². The van der Waals surface area contributed by atoms with Crippen LogP contribution in [-0.2, 0) is 0 Å². The van der Waals surface area contributed by atoms with Crippen molar-refractivity contribution in [2.24, 2.45) is 0 Å². The van der Waals surface area contributed by atoms with Gasteiger partial charge >= 0.3 is 0 Å². The number of amides is 1. The minimum Gasteiger partial charge on any atom is -0.394 e. The first-order valence-corrected chi connectivity index (χ1v) is 4.65. The quantitative estimate of drug-likeness (QED) is 0.485. The molecule has 90 valence electrons. The molecule has 0 aliphatic carbocycles. The van der Waals surface area contributed by atoms with Gasteiger partial charge in [-0.05, 0) is 6.92 Å². The lowest BCUT2D eigenvalue weighted by molar-refractivity contribution is 0.0360. The predicted octanol–water partition coefficient (Wildman–Crippen LogP) is -1.57. The predicted molar refractivity (Wildman–Crippen MR) is 52.7 cm³/mol. The Bertz CT molecular complexity index is 350. The molecule has 1 rings (SSSR count). The van der Waals surface area contributed by atoms with Crippen LogP contribution in [0.1, 0.15) is 16.1 Å². The molecule has 1 heterocycles. The van der Waals surface area contributed by atoms with Gasteiger partial charge in [-0.25, -0.2) is 0 Å². The number of aryl methyl sites for hydroxylation is 1. The molecule has 0 spiro atoms. The molecule has 0 unspecified atom stereocenters. The van der Waals surface area contributed by atoms with Gasteiger partial charge in [0.15, 0.2) is 0 Å². The van der Waals surface area contributed by atoms with E-state index in [9.17, 15) is 4.79 Å². The highest BCUT2D eigenvalue weighted by atomic mass is 16.5. The van der Waals surface area contributed by atoms with Crippen LogP contribution in [0.15, 0.2) is 10.7 Å². The van der Waals surface area contributed by atoms with E-state index in [-0.39, 0.29) is 5.76 Å². The van der Waals surface area contributed by atoms with Crippen LogP contribution in [0.3, 0.4) is 0 Å². The van der Waals surface area contributed by atoms with Crippen LogP contribution in [-0.4, -0.2) is 51.7 Å². The Labute approximate surface area is 91.7 Å². The van der Waals surface area contributed by atoms with Crippen molar-refractivity contribution in [3.05, 3.63) is 17.5 Å². The van der Waals surface area contributed by atoms with Gasteiger partial charge in [0.05, 0.1) is 26.0 Å². The van der Waals surface area contributed by atoms with Crippen molar-refractivity contribution >= 4 is 5.91 Å². The fraction of sp³-hybridized carbons (Fsp3) is 0.556. The summed E-state index contributed by atoms with van der Waals surface area (Å²) in [5.41, 5.74) is -0.934. The van der Waals surface area contributed by atoms with E-state index in [1.54, 1.807) is 6.92 Å². The Morgan fingerprint density at radius 3 is 2.38 bits per heavy atom. The zero-order valence-electron chi connectivity index (χ0n) is 8.80. The average molecular weight is 230 g/mol. The largest absolute Gasteiger partial charge is 0.394 e. The smallest absolute Gasteiger partial charge is 0.290 e. The molecular weight excluding hydrogens is 216 g/mol. The number of carbonyl (C=O) groups excluding carboxylic acids is 1. The van der Waals surface area contributed by atoms with Gasteiger partial charge in [0.1, 0.15) is 5.54 Å². The van der Waals surface area contributed by atoms with Gasteiger partial charge in [0.2, 0.25) is 5.76 Å². The molecule has 0 bridgehead atoms. The van der Waals surface area contributed by atoms with E-state index in [0.29, 0.717) is 5.56 Å². The van der Waals surface area contributed by atoms with E-state index < -0.39 is 31.3 Å². The molecule has 0 radical (unpaired) electrons. The molecule has 0 saturated carbocycles. The van der Waals surface area contributed by atoms with Crippen LogP contribution in [0.4, 0.5) is 0 Å². The molecule has 0 aliphatic heterocycles. The van der Waals surface area contributed by atoms with E-state index in [2.05, 4.69) is 10.5 Å². The highest BCUT2D eigenvalue weighted by Crippen LogP contribution is 2.09. The van der Waals surface area contributed by atoms with E-state index in [4.69, 9.17) is 19.8 Å². The maximum Gasteiger partial charge on any atom is 0.290 e. The van der Waals surface area contributed by atoms with Gasteiger partial charge in [-0.1, -0.05) is 5.16 Å². The highest BCUT2D eigenvalue weighted by Gasteiger charge is 2.31. The van der Waals surface area contributed by atoms with E-state index >= 15 is 0 Å². The Morgan fingerprint density at radius 2 is 2.00 bits per heavy atom. The second-order valence-electron chi connectivity index (χ2n) is 3.55. The van der Waals surface area contributed by atoms with Gasteiger partial charge in [-0.2, -0.15) is 0 Å². The molecule has 4 N–H and O–H groups in total. The van der Waals surface area contributed by atoms with Crippen molar-refractivity contribution in [1.29, 1.82) is 0 Å². The van der Waals surface area contributed by atoms with Crippen LogP contribution in [0.5, 0.6) is 0 Å². The SMILES string of the molecule is Cc1cnoc1C(=O)NC(CO)(CO)CO. The maximum atomic E-state index is 11.6. The summed E-state index contributed by atoms with van der Waals surface area (Å²) in [5, 5.41) is 32.8. The number of aromatic nitrogens is 1. The molecule has 1 amide bonds. The topological polar surface area (TPSA) is 116 Å². The summed E-state index contributed by atoms with van der Waals surface area (Å²) in [6, 6.07) is 0. The molecule has 7 nitrogen and oxygen atoms in total. The molecule has 1 aromatic heterocycles. The van der Waals surface area contributed by atoms with E-state index in [1.807, 2.05) is 0 Å². The van der Waals surface area contributed by atoms with Gasteiger partial charge in [0, 0.05) is 5.56 Å². The van der Waals surface area contributed by atoms with Crippen molar-refractivity contribution in [2.45, 2.75) is 12.5 Å². The summed E-state index contributed by atoms with van der Waals surface area (Å²) in [7, 11) is 0. The van der Waals surface area contributed by atoms with Gasteiger partial charge in [0.25, 0.3) is 5.91 Å². The van der Waals surface area contributed by atoms with Crippen LogP contribution in [0.2, 0.25) is 0 Å². The monoisotopic (exact) mass is 230 g/mol. The molecule has 1 aromatic rings. The van der Waals surface area contributed by atoms with E-state index in [1.165, 1.54) is 6.20 Å². The summed E-state index contributed by atoms with van der Waals surface area (Å²) in [5.74, 6) is -0.660. The summed E-state index contributed by atoms with van der Waals surface area (Å²) in [4.78, 5) is 11.6. The lowest BCUT2D eigenvalue weighted by atomic mass is 10.0. The van der Waals surface area contributed by atoms with E-state index in [0.717, 1.165) is 0 Å². The molecular formula is C9H14N2O5. The summed E-state index contributed by atoms with van der Waals surface area (Å²) >= 11 is 0. The van der Waals surface area contributed by atoms with Crippen molar-refractivity contribution in [3.63, 3.8) is 0 Å². The second-order valence-corrected chi connectivity index (χ2v) is 3.55. The van der Waals surface area contributed by atoms with Gasteiger partial charge in [-0.3, -0.25) is 4.79 Å². The summed E-state index contributed by atoms with van der Waals surface area (Å²) in [6.45, 7) is -0.124. The highest BCUT2D eigenvalue weighted by molar-refractivity contribution is 5.93. The number of rotatable bonds is 5. The minimum atomic E-state index is -1.46. The number of hydrogen-bond acceptors (Lipinski definition) is 6. The second kappa shape index (κ2) is 5.06. The number of aliphatic hydroxyl groups is 3. The fourth-order valence-electron chi connectivity index (χ4n) is 1.08. The third-order valence-electron chi connectivity index (χ3n) is 2.24. The molecule has 0 fully saturated rings. The first-order chi connectivity index (χ1) is 7.58. The lowest BCUT2D eigenvalue weighted by Crippen LogP contribution is -2.57. The Kier molecular flexibility index (Phi) is 3.99.